The Morgan fingerprint density at radius 3 is 2.86 bits per heavy atom. The fourth-order valence-corrected chi connectivity index (χ4v) is 2.94. The largest absolute Gasteiger partial charge is 0.293 e. The van der Waals surface area contributed by atoms with Crippen molar-refractivity contribution in [2.75, 3.05) is 5.33 Å². The van der Waals surface area contributed by atoms with Crippen LogP contribution in [0.4, 0.5) is 0 Å². The van der Waals surface area contributed by atoms with Crippen LogP contribution < -0.4 is 0 Å². The summed E-state index contributed by atoms with van der Waals surface area (Å²) >= 11 is 4.89. The first-order chi connectivity index (χ1) is 6.74. The van der Waals surface area contributed by atoms with Crippen LogP contribution in [0.1, 0.15) is 15.2 Å². The second kappa shape index (κ2) is 3.83. The molecular formula is C11H9BrOS. The number of hydrogen-bond donors (Lipinski definition) is 0. The van der Waals surface area contributed by atoms with Crippen molar-refractivity contribution in [1.29, 1.82) is 0 Å². The summed E-state index contributed by atoms with van der Waals surface area (Å²) in [6, 6.07) is 8.03. The molecule has 2 aromatic rings. The first kappa shape index (κ1) is 9.87. The van der Waals surface area contributed by atoms with E-state index >= 15 is 0 Å². The Hall–Kier alpha value is -0.670. The summed E-state index contributed by atoms with van der Waals surface area (Å²) in [7, 11) is 0. The van der Waals surface area contributed by atoms with Gasteiger partial charge in [0.05, 0.1) is 5.33 Å². The first-order valence-electron chi connectivity index (χ1n) is 4.31. The molecule has 0 aliphatic heterocycles. The van der Waals surface area contributed by atoms with Gasteiger partial charge in [0.25, 0.3) is 0 Å². The number of benzene rings is 1. The van der Waals surface area contributed by atoms with E-state index in [1.807, 2.05) is 25.1 Å². The minimum absolute atomic E-state index is 0.167. The minimum Gasteiger partial charge on any atom is -0.293 e. The Morgan fingerprint density at radius 1 is 1.43 bits per heavy atom. The second-order valence-electron chi connectivity index (χ2n) is 3.09. The third-order valence-electron chi connectivity index (χ3n) is 2.17. The highest BCUT2D eigenvalue weighted by atomic mass is 79.9. The van der Waals surface area contributed by atoms with E-state index in [0.717, 1.165) is 15.8 Å². The van der Waals surface area contributed by atoms with Gasteiger partial charge in [0.2, 0.25) is 0 Å². The number of fused-ring (bicyclic) bond motifs is 1. The van der Waals surface area contributed by atoms with E-state index in [1.54, 1.807) is 11.3 Å². The maximum absolute atomic E-state index is 11.7. The van der Waals surface area contributed by atoms with Crippen LogP contribution in [0.5, 0.6) is 0 Å². The number of Topliss-reactive ketones (excluding diaryl/α,β-unsaturated/α-hetero) is 1. The monoisotopic (exact) mass is 268 g/mol. The molecule has 0 fully saturated rings. The van der Waals surface area contributed by atoms with Crippen molar-refractivity contribution in [3.8, 4) is 0 Å². The Kier molecular flexibility index (Phi) is 2.70. The molecule has 0 saturated heterocycles. The van der Waals surface area contributed by atoms with Crippen LogP contribution in [0.3, 0.4) is 0 Å². The standard InChI is InChI=1S/C11H9BrOS/c1-7-11(9(13)6-12)8-4-2-3-5-10(8)14-7/h2-5H,6H2,1H3. The molecule has 0 radical (unpaired) electrons. The number of carbonyl (C=O) groups excluding carboxylic acids is 1. The predicted octanol–water partition coefficient (Wildman–Crippen LogP) is 3.79. The van der Waals surface area contributed by atoms with E-state index in [1.165, 1.54) is 4.70 Å². The van der Waals surface area contributed by atoms with Crippen LogP contribution >= 0.6 is 27.3 Å². The quantitative estimate of drug-likeness (QED) is 0.599. The predicted molar refractivity (Wildman–Crippen MR) is 64.7 cm³/mol. The van der Waals surface area contributed by atoms with E-state index in [4.69, 9.17) is 0 Å². The second-order valence-corrected chi connectivity index (χ2v) is 4.90. The van der Waals surface area contributed by atoms with Gasteiger partial charge in [0, 0.05) is 20.5 Å². The van der Waals surface area contributed by atoms with Gasteiger partial charge in [0.15, 0.2) is 5.78 Å². The summed E-state index contributed by atoms with van der Waals surface area (Å²) in [5, 5.41) is 1.48. The molecule has 1 heterocycles. The Balaban J connectivity index is 2.74. The summed E-state index contributed by atoms with van der Waals surface area (Å²) in [5.41, 5.74) is 0.877. The van der Waals surface area contributed by atoms with Crippen molar-refractivity contribution in [2.24, 2.45) is 0 Å². The van der Waals surface area contributed by atoms with E-state index in [2.05, 4.69) is 22.0 Å². The molecule has 0 spiro atoms. The van der Waals surface area contributed by atoms with Crippen molar-refractivity contribution in [3.63, 3.8) is 0 Å². The van der Waals surface area contributed by atoms with Gasteiger partial charge < -0.3 is 0 Å². The molecule has 14 heavy (non-hydrogen) atoms. The van der Waals surface area contributed by atoms with E-state index in [9.17, 15) is 4.79 Å². The molecule has 0 N–H and O–H groups in total. The SMILES string of the molecule is Cc1sc2ccccc2c1C(=O)CBr. The van der Waals surface area contributed by atoms with Gasteiger partial charge in [-0.3, -0.25) is 4.79 Å². The van der Waals surface area contributed by atoms with E-state index in [-0.39, 0.29) is 5.78 Å². The lowest BCUT2D eigenvalue weighted by Gasteiger charge is -1.96. The Bertz CT molecular complexity index is 487. The molecule has 0 bridgehead atoms. The smallest absolute Gasteiger partial charge is 0.175 e. The Morgan fingerprint density at radius 2 is 2.14 bits per heavy atom. The van der Waals surface area contributed by atoms with Crippen LogP contribution in [-0.2, 0) is 0 Å². The number of carbonyl (C=O) groups is 1. The minimum atomic E-state index is 0.167. The van der Waals surface area contributed by atoms with Gasteiger partial charge in [-0.15, -0.1) is 11.3 Å². The van der Waals surface area contributed by atoms with Gasteiger partial charge in [0.1, 0.15) is 0 Å². The molecule has 0 unspecified atom stereocenters. The zero-order chi connectivity index (χ0) is 10.1. The Labute approximate surface area is 94.9 Å². The third kappa shape index (κ3) is 1.51. The molecule has 0 saturated carbocycles. The zero-order valence-electron chi connectivity index (χ0n) is 7.71. The highest BCUT2D eigenvalue weighted by Gasteiger charge is 2.14. The molecule has 1 nitrogen and oxygen atoms in total. The fourth-order valence-electron chi connectivity index (χ4n) is 1.58. The molecule has 72 valence electrons. The summed E-state index contributed by atoms with van der Waals surface area (Å²) in [4.78, 5) is 12.8. The molecule has 3 heteroatoms. The molecule has 0 atom stereocenters. The third-order valence-corrected chi connectivity index (χ3v) is 3.77. The topological polar surface area (TPSA) is 17.1 Å². The van der Waals surface area contributed by atoms with Crippen LogP contribution in [0, 0.1) is 6.92 Å². The normalized spacial score (nSPS) is 10.7. The van der Waals surface area contributed by atoms with Crippen molar-refractivity contribution in [3.05, 3.63) is 34.7 Å². The highest BCUT2D eigenvalue weighted by molar-refractivity contribution is 9.09. The van der Waals surface area contributed by atoms with Gasteiger partial charge in [-0.05, 0) is 13.0 Å². The molecular weight excluding hydrogens is 260 g/mol. The van der Waals surface area contributed by atoms with Gasteiger partial charge in [-0.2, -0.15) is 0 Å². The summed E-state index contributed by atoms with van der Waals surface area (Å²) in [6.45, 7) is 2.00. The number of hydrogen-bond acceptors (Lipinski definition) is 2. The van der Waals surface area contributed by atoms with Crippen molar-refractivity contribution in [2.45, 2.75) is 6.92 Å². The summed E-state index contributed by atoms with van der Waals surface area (Å²) < 4.78 is 1.19. The average Bonchev–Trinajstić information content (AvgIpc) is 2.53. The molecule has 1 aromatic carbocycles. The molecule has 0 aliphatic rings. The molecule has 0 aliphatic carbocycles. The maximum atomic E-state index is 11.7. The average molecular weight is 269 g/mol. The lowest BCUT2D eigenvalue weighted by Crippen LogP contribution is -1.99. The number of rotatable bonds is 2. The zero-order valence-corrected chi connectivity index (χ0v) is 10.1. The molecule has 0 amide bonds. The number of ketones is 1. The summed E-state index contributed by atoms with van der Waals surface area (Å²) in [5.74, 6) is 0.167. The lowest BCUT2D eigenvalue weighted by atomic mass is 10.1. The van der Waals surface area contributed by atoms with Crippen LogP contribution in [0.25, 0.3) is 10.1 Å². The summed E-state index contributed by atoms with van der Waals surface area (Å²) in [6.07, 6.45) is 0. The van der Waals surface area contributed by atoms with E-state index in [0.29, 0.717) is 5.33 Å². The lowest BCUT2D eigenvalue weighted by molar-refractivity contribution is 0.102. The molecule has 1 aromatic heterocycles. The van der Waals surface area contributed by atoms with Crippen molar-refractivity contribution < 1.29 is 4.79 Å². The van der Waals surface area contributed by atoms with E-state index < -0.39 is 0 Å². The van der Waals surface area contributed by atoms with Crippen LogP contribution in [0.2, 0.25) is 0 Å². The number of alkyl halides is 1. The van der Waals surface area contributed by atoms with Gasteiger partial charge >= 0.3 is 0 Å². The first-order valence-corrected chi connectivity index (χ1v) is 6.25. The van der Waals surface area contributed by atoms with Gasteiger partial charge in [-0.25, -0.2) is 0 Å². The van der Waals surface area contributed by atoms with Gasteiger partial charge in [-0.1, -0.05) is 34.1 Å². The number of aryl methyl sites for hydroxylation is 1. The highest BCUT2D eigenvalue weighted by Crippen LogP contribution is 2.30. The number of halogens is 1. The van der Waals surface area contributed by atoms with Crippen LogP contribution in [0.15, 0.2) is 24.3 Å². The van der Waals surface area contributed by atoms with Crippen molar-refractivity contribution in [1.82, 2.24) is 0 Å². The van der Waals surface area contributed by atoms with Crippen LogP contribution in [-0.4, -0.2) is 11.1 Å². The molecule has 2 rings (SSSR count). The maximum Gasteiger partial charge on any atom is 0.175 e. The van der Waals surface area contributed by atoms with Crippen molar-refractivity contribution >= 4 is 43.1 Å². The fraction of sp³-hybridized carbons (Fsp3) is 0.182. The number of thiophene rings is 1.